The van der Waals surface area contributed by atoms with Gasteiger partial charge in [-0.3, -0.25) is 20.2 Å². The first-order chi connectivity index (χ1) is 14.3. The lowest BCUT2D eigenvalue weighted by Crippen LogP contribution is -2.08. The number of nitrogens with zero attached hydrogens (tertiary/aromatic N) is 2. The molecule has 13 heteroatoms. The highest BCUT2D eigenvalue weighted by atomic mass is 19.4. The summed E-state index contributed by atoms with van der Waals surface area (Å²) in [6.45, 7) is 0. The predicted octanol–water partition coefficient (Wildman–Crippen LogP) is 6.47. The third-order valence-corrected chi connectivity index (χ3v) is 4.18. The summed E-state index contributed by atoms with van der Waals surface area (Å²) in [6.07, 6.45) is -10.0. The molecule has 1 aromatic heterocycles. The van der Waals surface area contributed by atoms with Crippen molar-refractivity contribution in [3.63, 3.8) is 0 Å². The second kappa shape index (κ2) is 7.41. The van der Waals surface area contributed by atoms with Gasteiger partial charge in [-0.1, -0.05) is 0 Å². The molecular weight excluding hydrogens is 438 g/mol. The van der Waals surface area contributed by atoms with Gasteiger partial charge in [-0.05, 0) is 24.3 Å². The molecule has 0 saturated heterocycles. The van der Waals surface area contributed by atoms with Gasteiger partial charge in [-0.25, -0.2) is 0 Å². The van der Waals surface area contributed by atoms with Crippen molar-refractivity contribution in [3.8, 4) is 22.6 Å². The van der Waals surface area contributed by atoms with Gasteiger partial charge in [0.05, 0.1) is 21.0 Å². The molecule has 0 saturated carbocycles. The van der Waals surface area contributed by atoms with E-state index in [1.54, 1.807) is 0 Å². The molecule has 31 heavy (non-hydrogen) atoms. The summed E-state index contributed by atoms with van der Waals surface area (Å²) in [5.74, 6) is -0.993. The van der Waals surface area contributed by atoms with Crippen molar-refractivity contribution in [1.82, 2.24) is 0 Å². The molecular formula is C18H8F6N2O5. The van der Waals surface area contributed by atoms with Crippen molar-refractivity contribution in [3.05, 3.63) is 79.9 Å². The van der Waals surface area contributed by atoms with Crippen molar-refractivity contribution in [2.75, 3.05) is 0 Å². The molecule has 0 spiro atoms. The van der Waals surface area contributed by atoms with Gasteiger partial charge in [0, 0.05) is 35.4 Å². The Kier molecular flexibility index (Phi) is 5.21. The molecule has 1 heterocycles. The highest BCUT2D eigenvalue weighted by Crippen LogP contribution is 2.43. The van der Waals surface area contributed by atoms with E-state index in [0.29, 0.717) is 0 Å². The van der Waals surface area contributed by atoms with Crippen molar-refractivity contribution in [1.29, 1.82) is 0 Å². The van der Waals surface area contributed by atoms with E-state index < -0.39 is 67.3 Å². The SMILES string of the molecule is O=[N+]([O-])c1ccc(-c2ccc(-c3ccc([N+](=O)[O-])cc3C(F)(F)F)o2)c(C(F)(F)F)c1. The number of hydrogen-bond donors (Lipinski definition) is 0. The van der Waals surface area contributed by atoms with Gasteiger partial charge in [0.15, 0.2) is 0 Å². The lowest BCUT2D eigenvalue weighted by atomic mass is 10.0. The molecule has 0 atom stereocenters. The maximum Gasteiger partial charge on any atom is 0.417 e. The van der Waals surface area contributed by atoms with Crippen LogP contribution in [0.3, 0.4) is 0 Å². The fraction of sp³-hybridized carbons (Fsp3) is 0.111. The quantitative estimate of drug-likeness (QED) is 0.260. The minimum absolute atomic E-state index is 0.282. The molecule has 3 aromatic rings. The van der Waals surface area contributed by atoms with Gasteiger partial charge in [0.2, 0.25) is 0 Å². The van der Waals surface area contributed by atoms with Crippen LogP contribution in [-0.4, -0.2) is 9.85 Å². The Morgan fingerprint density at radius 3 is 1.29 bits per heavy atom. The van der Waals surface area contributed by atoms with Gasteiger partial charge >= 0.3 is 12.4 Å². The molecule has 0 aliphatic rings. The zero-order chi connectivity index (χ0) is 23.1. The van der Waals surface area contributed by atoms with Crippen LogP contribution in [-0.2, 0) is 12.4 Å². The zero-order valence-electron chi connectivity index (χ0n) is 14.8. The van der Waals surface area contributed by atoms with Crippen LogP contribution in [0.4, 0.5) is 37.7 Å². The van der Waals surface area contributed by atoms with E-state index >= 15 is 0 Å². The summed E-state index contributed by atoms with van der Waals surface area (Å²) >= 11 is 0. The number of nitro groups is 2. The summed E-state index contributed by atoms with van der Waals surface area (Å²) in [5, 5.41) is 21.6. The molecule has 0 radical (unpaired) electrons. The maximum atomic E-state index is 13.4. The number of hydrogen-bond acceptors (Lipinski definition) is 5. The first kappa shape index (κ1) is 21.8. The van der Waals surface area contributed by atoms with Crippen LogP contribution >= 0.6 is 0 Å². The topological polar surface area (TPSA) is 99.4 Å². The average Bonchev–Trinajstić information content (AvgIpc) is 3.15. The van der Waals surface area contributed by atoms with Crippen LogP contribution in [0.5, 0.6) is 0 Å². The largest absolute Gasteiger partial charge is 0.456 e. The van der Waals surface area contributed by atoms with E-state index in [4.69, 9.17) is 4.42 Å². The van der Waals surface area contributed by atoms with Crippen molar-refractivity contribution in [2.45, 2.75) is 12.4 Å². The van der Waals surface area contributed by atoms with E-state index in [-0.39, 0.29) is 12.1 Å². The normalized spacial score (nSPS) is 12.1. The first-order valence-corrected chi connectivity index (χ1v) is 8.11. The summed E-state index contributed by atoms with van der Waals surface area (Å²) in [7, 11) is 0. The van der Waals surface area contributed by atoms with Crippen LogP contribution in [0.2, 0.25) is 0 Å². The second-order valence-electron chi connectivity index (χ2n) is 6.13. The number of halogens is 6. The van der Waals surface area contributed by atoms with Crippen molar-refractivity contribution < 1.29 is 40.6 Å². The summed E-state index contributed by atoms with van der Waals surface area (Å²) in [4.78, 5) is 19.5. The van der Waals surface area contributed by atoms with Crippen molar-refractivity contribution >= 4 is 11.4 Å². The van der Waals surface area contributed by atoms with E-state index in [1.807, 2.05) is 0 Å². The number of nitro benzene ring substituents is 2. The first-order valence-electron chi connectivity index (χ1n) is 8.11. The maximum absolute atomic E-state index is 13.4. The third kappa shape index (κ3) is 4.34. The van der Waals surface area contributed by atoms with Crippen LogP contribution < -0.4 is 0 Å². The summed E-state index contributed by atoms with van der Waals surface area (Å²) < 4.78 is 85.4. The third-order valence-electron chi connectivity index (χ3n) is 4.18. The molecule has 7 nitrogen and oxygen atoms in total. The number of rotatable bonds is 4. The zero-order valence-corrected chi connectivity index (χ0v) is 14.8. The Morgan fingerprint density at radius 2 is 1.00 bits per heavy atom. The molecule has 0 aliphatic heterocycles. The fourth-order valence-electron chi connectivity index (χ4n) is 2.82. The molecule has 0 fully saturated rings. The van der Waals surface area contributed by atoms with E-state index in [1.165, 1.54) is 0 Å². The minimum atomic E-state index is -5.02. The van der Waals surface area contributed by atoms with Gasteiger partial charge < -0.3 is 4.42 Å². The highest BCUT2D eigenvalue weighted by molar-refractivity contribution is 5.71. The highest BCUT2D eigenvalue weighted by Gasteiger charge is 2.38. The standard InChI is InChI=1S/C18H8F6N2O5/c19-17(20,21)13-7-9(25(27)28)1-3-11(13)15-5-6-16(31-15)12-4-2-10(26(29)30)8-14(12)18(22,23)24/h1-8H. The van der Waals surface area contributed by atoms with E-state index in [0.717, 1.165) is 36.4 Å². The van der Waals surface area contributed by atoms with E-state index in [9.17, 15) is 46.6 Å². The molecule has 0 N–H and O–H groups in total. The fourth-order valence-corrected chi connectivity index (χ4v) is 2.82. The van der Waals surface area contributed by atoms with Gasteiger partial charge in [-0.15, -0.1) is 0 Å². The van der Waals surface area contributed by atoms with E-state index in [2.05, 4.69) is 0 Å². The Bertz CT molecular complexity index is 1090. The van der Waals surface area contributed by atoms with Crippen LogP contribution in [0.15, 0.2) is 52.9 Å². The molecule has 0 bridgehead atoms. The summed E-state index contributed by atoms with van der Waals surface area (Å²) in [6, 6.07) is 5.61. The molecule has 0 unspecified atom stereocenters. The van der Waals surface area contributed by atoms with Gasteiger partial charge in [0.25, 0.3) is 11.4 Å². The second-order valence-corrected chi connectivity index (χ2v) is 6.13. The Morgan fingerprint density at radius 1 is 0.645 bits per heavy atom. The minimum Gasteiger partial charge on any atom is -0.456 e. The lowest BCUT2D eigenvalue weighted by molar-refractivity contribution is -0.385. The average molecular weight is 446 g/mol. The molecule has 2 aromatic carbocycles. The number of alkyl halides is 6. The predicted molar refractivity (Wildman–Crippen MR) is 92.9 cm³/mol. The van der Waals surface area contributed by atoms with Gasteiger partial charge in [-0.2, -0.15) is 26.3 Å². The molecule has 0 aliphatic carbocycles. The number of furan rings is 1. The van der Waals surface area contributed by atoms with Crippen molar-refractivity contribution in [2.24, 2.45) is 0 Å². The lowest BCUT2D eigenvalue weighted by Gasteiger charge is -2.12. The van der Waals surface area contributed by atoms with Crippen LogP contribution in [0.1, 0.15) is 11.1 Å². The van der Waals surface area contributed by atoms with Gasteiger partial charge in [0.1, 0.15) is 11.5 Å². The Labute approximate surface area is 167 Å². The summed E-state index contributed by atoms with van der Waals surface area (Å²) in [5.41, 5.74) is -5.75. The van der Waals surface area contributed by atoms with Crippen LogP contribution in [0.25, 0.3) is 22.6 Å². The molecule has 0 amide bonds. The molecule has 162 valence electrons. The Hall–Kier alpha value is -3.90. The van der Waals surface area contributed by atoms with Crippen LogP contribution in [0, 0.1) is 20.2 Å². The Balaban J connectivity index is 2.15. The smallest absolute Gasteiger partial charge is 0.417 e. The molecule has 3 rings (SSSR count). The number of non-ortho nitro benzene ring substituents is 2. The number of benzene rings is 2. The monoisotopic (exact) mass is 446 g/mol.